The molecule has 1 amide bonds. The summed E-state index contributed by atoms with van der Waals surface area (Å²) in [5.41, 5.74) is -0.334. The van der Waals surface area contributed by atoms with E-state index in [9.17, 15) is 18.4 Å². The van der Waals surface area contributed by atoms with Gasteiger partial charge in [0.2, 0.25) is 0 Å². The number of halogens is 3. The molecular weight excluding hydrogens is 284 g/mol. The van der Waals surface area contributed by atoms with Crippen LogP contribution in [0, 0.1) is 11.6 Å². The van der Waals surface area contributed by atoms with Gasteiger partial charge in [0, 0.05) is 17.9 Å². The largest absolute Gasteiger partial charge is 0.304 e. The molecule has 84 valence electrons. The minimum atomic E-state index is -0.995. The molecule has 1 heterocycles. The van der Waals surface area contributed by atoms with E-state index in [2.05, 4.69) is 15.9 Å². The van der Waals surface area contributed by atoms with E-state index in [1.165, 1.54) is 0 Å². The van der Waals surface area contributed by atoms with Crippen molar-refractivity contribution in [1.82, 2.24) is 0 Å². The second-order valence-electron chi connectivity index (χ2n) is 3.26. The van der Waals surface area contributed by atoms with Crippen LogP contribution in [0.3, 0.4) is 0 Å². The molecule has 0 aliphatic carbocycles. The molecule has 1 aliphatic rings. The van der Waals surface area contributed by atoms with Crippen molar-refractivity contribution in [3.05, 3.63) is 29.3 Å². The van der Waals surface area contributed by atoms with Gasteiger partial charge in [-0.3, -0.25) is 9.59 Å². The lowest BCUT2D eigenvalue weighted by molar-refractivity contribution is -0.114. The highest BCUT2D eigenvalue weighted by atomic mass is 79.9. The first-order valence-corrected chi connectivity index (χ1v) is 5.59. The van der Waals surface area contributed by atoms with E-state index < -0.39 is 23.3 Å². The second-order valence-corrected chi connectivity index (χ2v) is 4.05. The van der Waals surface area contributed by atoms with Gasteiger partial charge in [0.25, 0.3) is 11.7 Å². The Bertz CT molecular complexity index is 490. The first-order chi connectivity index (χ1) is 7.56. The first kappa shape index (κ1) is 11.2. The third-order valence-electron chi connectivity index (χ3n) is 2.30. The third kappa shape index (κ3) is 1.53. The molecule has 0 unspecified atom stereocenters. The molecule has 0 saturated carbocycles. The van der Waals surface area contributed by atoms with Gasteiger partial charge in [0.05, 0.1) is 11.3 Å². The molecule has 3 nitrogen and oxygen atoms in total. The molecule has 1 aliphatic heterocycles. The predicted octanol–water partition coefficient (Wildman–Crippen LogP) is 1.89. The van der Waals surface area contributed by atoms with Crippen molar-refractivity contribution in [3.8, 4) is 0 Å². The number of carbonyl (C=O) groups excluding carboxylic acids is 2. The highest BCUT2D eigenvalue weighted by Crippen LogP contribution is 2.31. The number of amides is 1. The second kappa shape index (κ2) is 3.93. The topological polar surface area (TPSA) is 37.4 Å². The van der Waals surface area contributed by atoms with Gasteiger partial charge in [-0.15, -0.1) is 0 Å². The molecule has 0 radical (unpaired) electrons. The average Bonchev–Trinajstić information content (AvgIpc) is 2.44. The molecule has 0 fully saturated rings. The molecular formula is C10H6BrF2NO2. The van der Waals surface area contributed by atoms with Crippen molar-refractivity contribution in [2.75, 3.05) is 16.8 Å². The van der Waals surface area contributed by atoms with Crippen LogP contribution < -0.4 is 4.90 Å². The van der Waals surface area contributed by atoms with E-state index in [0.29, 0.717) is 11.4 Å². The molecule has 6 heteroatoms. The fraction of sp³-hybridized carbons (Fsp3) is 0.200. The van der Waals surface area contributed by atoms with Crippen LogP contribution in [0.15, 0.2) is 12.1 Å². The monoisotopic (exact) mass is 289 g/mol. The highest BCUT2D eigenvalue weighted by Gasteiger charge is 2.38. The third-order valence-corrected chi connectivity index (χ3v) is 2.65. The SMILES string of the molecule is O=C1C(=O)N(CCBr)c2cc(F)cc(F)c21. The predicted molar refractivity (Wildman–Crippen MR) is 56.8 cm³/mol. The lowest BCUT2D eigenvalue weighted by Gasteiger charge is -2.14. The Morgan fingerprint density at radius 3 is 2.56 bits per heavy atom. The summed E-state index contributed by atoms with van der Waals surface area (Å²) in [6, 6.07) is 1.59. The zero-order valence-corrected chi connectivity index (χ0v) is 9.55. The van der Waals surface area contributed by atoms with E-state index in [1.54, 1.807) is 0 Å². The van der Waals surface area contributed by atoms with Gasteiger partial charge in [-0.2, -0.15) is 0 Å². The first-order valence-electron chi connectivity index (χ1n) is 4.47. The van der Waals surface area contributed by atoms with Crippen molar-refractivity contribution < 1.29 is 18.4 Å². The van der Waals surface area contributed by atoms with Gasteiger partial charge in [0.1, 0.15) is 11.6 Å². The summed E-state index contributed by atoms with van der Waals surface area (Å²) < 4.78 is 26.3. The Morgan fingerprint density at radius 2 is 1.94 bits per heavy atom. The van der Waals surface area contributed by atoms with Crippen LogP contribution >= 0.6 is 15.9 Å². The Hall–Kier alpha value is -1.30. The summed E-state index contributed by atoms with van der Waals surface area (Å²) >= 11 is 3.10. The van der Waals surface area contributed by atoms with E-state index in [-0.39, 0.29) is 17.8 Å². The van der Waals surface area contributed by atoms with E-state index >= 15 is 0 Å². The van der Waals surface area contributed by atoms with Gasteiger partial charge in [-0.1, -0.05) is 15.9 Å². The molecule has 0 spiro atoms. The number of Topliss-reactive ketones (excluding diaryl/α,β-unsaturated/α-hetero) is 1. The fourth-order valence-electron chi connectivity index (χ4n) is 1.64. The summed E-state index contributed by atoms with van der Waals surface area (Å²) in [7, 11) is 0. The number of rotatable bonds is 2. The fourth-order valence-corrected chi connectivity index (χ4v) is 2.00. The van der Waals surface area contributed by atoms with Crippen LogP contribution in [0.1, 0.15) is 10.4 Å². The van der Waals surface area contributed by atoms with E-state index in [4.69, 9.17) is 0 Å². The number of nitrogens with zero attached hydrogens (tertiary/aromatic N) is 1. The number of fused-ring (bicyclic) bond motifs is 1. The van der Waals surface area contributed by atoms with Crippen molar-refractivity contribution in [2.45, 2.75) is 0 Å². The van der Waals surface area contributed by atoms with E-state index in [0.717, 1.165) is 11.0 Å². The van der Waals surface area contributed by atoms with Crippen LogP contribution in [-0.4, -0.2) is 23.6 Å². The highest BCUT2D eigenvalue weighted by molar-refractivity contribution is 9.09. The summed E-state index contributed by atoms with van der Waals surface area (Å²) in [6.07, 6.45) is 0. The van der Waals surface area contributed by atoms with Crippen molar-refractivity contribution >= 4 is 33.3 Å². The van der Waals surface area contributed by atoms with Gasteiger partial charge < -0.3 is 4.90 Å². The smallest absolute Gasteiger partial charge is 0.299 e. The van der Waals surface area contributed by atoms with Gasteiger partial charge in [-0.25, -0.2) is 8.78 Å². The molecule has 1 aromatic carbocycles. The van der Waals surface area contributed by atoms with Crippen LogP contribution in [0.4, 0.5) is 14.5 Å². The number of carbonyl (C=O) groups is 2. The molecule has 0 aromatic heterocycles. The Kier molecular flexibility index (Phi) is 2.75. The van der Waals surface area contributed by atoms with Gasteiger partial charge >= 0.3 is 0 Å². The number of benzene rings is 1. The molecule has 0 bridgehead atoms. The zero-order valence-electron chi connectivity index (χ0n) is 7.97. The van der Waals surface area contributed by atoms with E-state index in [1.807, 2.05) is 0 Å². The molecule has 0 saturated heterocycles. The maximum atomic E-state index is 13.3. The van der Waals surface area contributed by atoms with Crippen LogP contribution in [-0.2, 0) is 4.79 Å². The van der Waals surface area contributed by atoms with Crippen molar-refractivity contribution in [3.63, 3.8) is 0 Å². The maximum absolute atomic E-state index is 13.3. The Balaban J connectivity index is 2.60. The normalized spacial score (nSPS) is 14.6. The van der Waals surface area contributed by atoms with Crippen LogP contribution in [0.2, 0.25) is 0 Å². The summed E-state index contributed by atoms with van der Waals surface area (Å²) in [4.78, 5) is 24.0. The number of hydrogen-bond donors (Lipinski definition) is 0. The zero-order chi connectivity index (χ0) is 11.9. The van der Waals surface area contributed by atoms with Crippen LogP contribution in [0.25, 0.3) is 0 Å². The minimum Gasteiger partial charge on any atom is -0.304 e. The summed E-state index contributed by atoms with van der Waals surface area (Å²) in [5, 5.41) is 0.420. The summed E-state index contributed by atoms with van der Waals surface area (Å²) in [6.45, 7) is 0.195. The molecule has 0 atom stereocenters. The standard InChI is InChI=1S/C10H6BrF2NO2/c11-1-2-14-7-4-5(12)3-6(13)8(7)9(15)10(14)16/h3-4H,1-2H2. The van der Waals surface area contributed by atoms with Crippen molar-refractivity contribution in [2.24, 2.45) is 0 Å². The number of alkyl halides is 1. The lowest BCUT2D eigenvalue weighted by atomic mass is 10.1. The molecule has 2 rings (SSSR count). The summed E-state index contributed by atoms with van der Waals surface area (Å²) in [5.74, 6) is -3.55. The van der Waals surface area contributed by atoms with Crippen molar-refractivity contribution in [1.29, 1.82) is 0 Å². The Labute approximate surface area is 98.2 Å². The van der Waals surface area contributed by atoms with Crippen LogP contribution in [0.5, 0.6) is 0 Å². The number of anilines is 1. The quantitative estimate of drug-likeness (QED) is 0.616. The molecule has 16 heavy (non-hydrogen) atoms. The average molecular weight is 290 g/mol. The lowest BCUT2D eigenvalue weighted by Crippen LogP contribution is -2.31. The Morgan fingerprint density at radius 1 is 1.25 bits per heavy atom. The van der Waals surface area contributed by atoms with Gasteiger partial charge in [-0.05, 0) is 6.07 Å². The number of hydrogen-bond acceptors (Lipinski definition) is 2. The molecule has 0 N–H and O–H groups in total. The van der Waals surface area contributed by atoms with Gasteiger partial charge in [0.15, 0.2) is 0 Å². The minimum absolute atomic E-state index is 0.00644. The maximum Gasteiger partial charge on any atom is 0.299 e. The number of ketones is 1. The molecule has 1 aromatic rings.